The average molecular weight is 389 g/mol. The fourth-order valence-corrected chi connectivity index (χ4v) is 3.67. The zero-order valence-electron chi connectivity index (χ0n) is 15.8. The van der Waals surface area contributed by atoms with Crippen molar-refractivity contribution in [2.45, 2.75) is 18.7 Å². The quantitative estimate of drug-likeness (QED) is 0.580. The molecule has 0 aliphatic heterocycles. The summed E-state index contributed by atoms with van der Waals surface area (Å²) in [6.07, 6.45) is 1.50. The van der Waals surface area contributed by atoms with Crippen LogP contribution in [0.15, 0.2) is 52.5 Å². The summed E-state index contributed by atoms with van der Waals surface area (Å²) in [5.74, 6) is -0.318. The minimum atomic E-state index is -3.89. The number of ether oxygens (including phenoxy) is 1. The lowest BCUT2D eigenvalue weighted by Gasteiger charge is -2.18. The van der Waals surface area contributed by atoms with E-state index in [1.165, 1.54) is 26.4 Å². The molecule has 2 aromatic rings. The molecule has 2 rings (SSSR count). The molecule has 8 heteroatoms. The van der Waals surface area contributed by atoms with Crippen molar-refractivity contribution in [3.63, 3.8) is 0 Å². The molecule has 0 radical (unpaired) electrons. The first-order valence-electron chi connectivity index (χ1n) is 8.23. The number of carbonyl (C=O) groups is 1. The molecule has 0 aliphatic carbocycles. The summed E-state index contributed by atoms with van der Waals surface area (Å²) < 4.78 is 31.6. The van der Waals surface area contributed by atoms with E-state index in [-0.39, 0.29) is 17.2 Å². The Morgan fingerprint density at radius 2 is 1.78 bits per heavy atom. The van der Waals surface area contributed by atoms with Gasteiger partial charge >= 0.3 is 0 Å². The highest BCUT2D eigenvalue weighted by Gasteiger charge is 2.26. The highest BCUT2D eigenvalue weighted by molar-refractivity contribution is 7.89. The molecule has 0 aliphatic rings. The summed E-state index contributed by atoms with van der Waals surface area (Å²) in [6, 6.07) is 12.4. The van der Waals surface area contributed by atoms with Crippen LogP contribution in [0.3, 0.4) is 0 Å². The summed E-state index contributed by atoms with van der Waals surface area (Å²) in [5.41, 5.74) is 5.05. The number of rotatable bonds is 7. The molecule has 0 aromatic heterocycles. The molecule has 2 aromatic carbocycles. The Morgan fingerprint density at radius 3 is 2.41 bits per heavy atom. The molecule has 0 saturated heterocycles. The average Bonchev–Trinajstić information content (AvgIpc) is 2.63. The summed E-state index contributed by atoms with van der Waals surface area (Å²) in [7, 11) is -1.15. The molecule has 27 heavy (non-hydrogen) atoms. The third-order valence-corrected chi connectivity index (χ3v) is 5.68. The van der Waals surface area contributed by atoms with Gasteiger partial charge in [0.25, 0.3) is 5.91 Å². The molecular formula is C19H23N3O4S. The van der Waals surface area contributed by atoms with Crippen LogP contribution in [0.5, 0.6) is 5.75 Å². The van der Waals surface area contributed by atoms with Gasteiger partial charge in [-0.15, -0.1) is 0 Å². The van der Waals surface area contributed by atoms with Gasteiger partial charge in [-0.05, 0) is 37.1 Å². The summed E-state index contributed by atoms with van der Waals surface area (Å²) in [6.45, 7) is 3.39. The second-order valence-corrected chi connectivity index (χ2v) is 8.13. The Hall–Kier alpha value is -2.71. The van der Waals surface area contributed by atoms with Crippen LogP contribution in [0.1, 0.15) is 16.7 Å². The maximum Gasteiger partial charge on any atom is 0.255 e. The monoisotopic (exact) mass is 389 g/mol. The number of likely N-dealkylation sites (N-methyl/N-ethyl adjacent to an activating group) is 1. The second kappa shape index (κ2) is 8.79. The lowest BCUT2D eigenvalue weighted by molar-refractivity contribution is -0.121. The number of hydrogen-bond donors (Lipinski definition) is 1. The standard InChI is InChI=1S/C19H23N3O4S/c1-14-5-8-16(9-6-14)12-20-21-19(23)13-22(3)27(24,25)18-11-15(2)7-10-17(18)26-4/h5-12H,13H2,1-4H3,(H,21,23). The number of carbonyl (C=O) groups excluding carboxylic acids is 1. The van der Waals surface area contributed by atoms with E-state index in [1.54, 1.807) is 19.1 Å². The van der Waals surface area contributed by atoms with Gasteiger partial charge in [-0.25, -0.2) is 13.8 Å². The van der Waals surface area contributed by atoms with E-state index in [2.05, 4.69) is 10.5 Å². The van der Waals surface area contributed by atoms with Crippen molar-refractivity contribution in [1.82, 2.24) is 9.73 Å². The normalized spacial score (nSPS) is 11.7. The first-order valence-corrected chi connectivity index (χ1v) is 9.67. The summed E-state index contributed by atoms with van der Waals surface area (Å²) >= 11 is 0. The first kappa shape index (κ1) is 20.6. The Bertz CT molecular complexity index is 938. The van der Waals surface area contributed by atoms with Crippen molar-refractivity contribution in [2.75, 3.05) is 20.7 Å². The van der Waals surface area contributed by atoms with Crippen LogP contribution < -0.4 is 10.2 Å². The third kappa shape index (κ3) is 5.38. The van der Waals surface area contributed by atoms with Gasteiger partial charge in [0.2, 0.25) is 10.0 Å². The van der Waals surface area contributed by atoms with E-state index in [4.69, 9.17) is 4.74 Å². The number of hydrogen-bond acceptors (Lipinski definition) is 5. The molecule has 7 nitrogen and oxygen atoms in total. The lowest BCUT2D eigenvalue weighted by atomic mass is 10.2. The third-order valence-electron chi connectivity index (χ3n) is 3.85. The van der Waals surface area contributed by atoms with Gasteiger partial charge in [-0.1, -0.05) is 35.9 Å². The fourth-order valence-electron chi connectivity index (χ4n) is 2.31. The Kier molecular flexibility index (Phi) is 6.70. The van der Waals surface area contributed by atoms with Crippen molar-refractivity contribution >= 4 is 22.1 Å². The molecule has 1 amide bonds. The number of nitrogens with one attached hydrogen (secondary N) is 1. The van der Waals surface area contributed by atoms with E-state index >= 15 is 0 Å². The van der Waals surface area contributed by atoms with Gasteiger partial charge in [0.1, 0.15) is 10.6 Å². The molecule has 0 fully saturated rings. The van der Waals surface area contributed by atoms with Crippen LogP contribution in [-0.2, 0) is 14.8 Å². The van der Waals surface area contributed by atoms with Gasteiger partial charge in [-0.2, -0.15) is 9.41 Å². The van der Waals surface area contributed by atoms with Gasteiger partial charge in [0.15, 0.2) is 0 Å². The minimum absolute atomic E-state index is 0.0171. The van der Waals surface area contributed by atoms with Crippen molar-refractivity contribution in [3.05, 3.63) is 59.2 Å². The number of sulfonamides is 1. The Balaban J connectivity index is 2.04. The highest BCUT2D eigenvalue weighted by Crippen LogP contribution is 2.26. The number of hydrazone groups is 1. The molecular weight excluding hydrogens is 366 g/mol. The topological polar surface area (TPSA) is 88.1 Å². The molecule has 1 N–H and O–H groups in total. The highest BCUT2D eigenvalue weighted by atomic mass is 32.2. The van der Waals surface area contributed by atoms with Gasteiger partial charge in [0, 0.05) is 7.05 Å². The van der Waals surface area contributed by atoms with Crippen molar-refractivity contribution < 1.29 is 17.9 Å². The van der Waals surface area contributed by atoms with E-state index < -0.39 is 15.9 Å². The molecule has 0 bridgehead atoms. The molecule has 0 atom stereocenters. The van der Waals surface area contributed by atoms with Crippen LogP contribution in [0.4, 0.5) is 0 Å². The smallest absolute Gasteiger partial charge is 0.255 e. The summed E-state index contributed by atoms with van der Waals surface area (Å²) in [5, 5.41) is 3.86. The largest absolute Gasteiger partial charge is 0.495 e. The first-order chi connectivity index (χ1) is 12.7. The van der Waals surface area contributed by atoms with E-state index in [0.29, 0.717) is 0 Å². The predicted octanol–water partition coefficient (Wildman–Crippen LogP) is 2.08. The van der Waals surface area contributed by atoms with Crippen LogP contribution in [-0.4, -0.2) is 45.5 Å². The molecule has 0 unspecified atom stereocenters. The minimum Gasteiger partial charge on any atom is -0.495 e. The lowest BCUT2D eigenvalue weighted by Crippen LogP contribution is -2.36. The van der Waals surface area contributed by atoms with Crippen molar-refractivity contribution in [3.8, 4) is 5.75 Å². The van der Waals surface area contributed by atoms with Gasteiger partial charge in [-0.3, -0.25) is 4.79 Å². The predicted molar refractivity (Wildman–Crippen MR) is 104 cm³/mol. The van der Waals surface area contributed by atoms with Crippen molar-refractivity contribution in [2.24, 2.45) is 5.10 Å². The number of amides is 1. The Morgan fingerprint density at radius 1 is 1.15 bits per heavy atom. The number of benzene rings is 2. The summed E-state index contributed by atoms with van der Waals surface area (Å²) in [4.78, 5) is 12.1. The second-order valence-electron chi connectivity index (χ2n) is 6.12. The van der Waals surface area contributed by atoms with Gasteiger partial charge in [0.05, 0.1) is 19.9 Å². The molecule has 144 valence electrons. The maximum atomic E-state index is 12.8. The zero-order valence-corrected chi connectivity index (χ0v) is 16.6. The van der Waals surface area contributed by atoms with Crippen LogP contribution in [0.25, 0.3) is 0 Å². The van der Waals surface area contributed by atoms with E-state index in [0.717, 1.165) is 21.0 Å². The molecule has 0 spiro atoms. The van der Waals surface area contributed by atoms with Crippen LogP contribution in [0, 0.1) is 13.8 Å². The van der Waals surface area contributed by atoms with Gasteiger partial charge < -0.3 is 4.74 Å². The van der Waals surface area contributed by atoms with Crippen molar-refractivity contribution in [1.29, 1.82) is 0 Å². The van der Waals surface area contributed by atoms with E-state index in [1.807, 2.05) is 31.2 Å². The number of methoxy groups -OCH3 is 1. The van der Waals surface area contributed by atoms with Crippen LogP contribution >= 0.6 is 0 Å². The maximum absolute atomic E-state index is 12.8. The van der Waals surface area contributed by atoms with Crippen LogP contribution in [0.2, 0.25) is 0 Å². The number of aryl methyl sites for hydroxylation is 2. The fraction of sp³-hybridized carbons (Fsp3) is 0.263. The van der Waals surface area contributed by atoms with E-state index in [9.17, 15) is 13.2 Å². The SMILES string of the molecule is COc1ccc(C)cc1S(=O)(=O)N(C)CC(=O)NN=Cc1ccc(C)cc1. The molecule has 0 heterocycles. The number of nitrogens with zero attached hydrogens (tertiary/aromatic N) is 2. The Labute approximate surface area is 159 Å². The zero-order chi connectivity index (χ0) is 20.0. The molecule has 0 saturated carbocycles.